The number of carbonyl (C=O) groups excluding carboxylic acids is 1. The van der Waals surface area contributed by atoms with Gasteiger partial charge in [0.2, 0.25) is 0 Å². The largest absolute Gasteiger partial charge is 0.351 e. The fourth-order valence-electron chi connectivity index (χ4n) is 4.15. The lowest BCUT2D eigenvalue weighted by molar-refractivity contribution is 0.0944. The highest BCUT2D eigenvalue weighted by Gasteiger charge is 2.29. The number of rotatable bonds is 8. The molecule has 5 heteroatoms. The summed E-state index contributed by atoms with van der Waals surface area (Å²) in [7, 11) is 0. The zero-order valence-electron chi connectivity index (χ0n) is 16.9. The summed E-state index contributed by atoms with van der Waals surface area (Å²) in [4.78, 5) is 15.4. The van der Waals surface area contributed by atoms with Crippen molar-refractivity contribution in [2.45, 2.75) is 51.4 Å². The van der Waals surface area contributed by atoms with Gasteiger partial charge in [-0.15, -0.1) is 0 Å². The van der Waals surface area contributed by atoms with E-state index in [4.69, 9.17) is 5.10 Å². The van der Waals surface area contributed by atoms with Crippen LogP contribution in [0.25, 0.3) is 5.69 Å². The molecule has 0 radical (unpaired) electrons. The Bertz CT molecular complexity index is 781. The first-order chi connectivity index (χ1) is 13.7. The van der Waals surface area contributed by atoms with E-state index in [1.807, 2.05) is 36.4 Å². The number of nitrogens with zero attached hydrogens (tertiary/aromatic N) is 3. The number of hydrogen-bond acceptors (Lipinski definition) is 3. The Morgan fingerprint density at radius 3 is 2.75 bits per heavy atom. The van der Waals surface area contributed by atoms with E-state index in [-0.39, 0.29) is 5.91 Å². The molecule has 1 unspecified atom stereocenters. The molecule has 0 spiro atoms. The third kappa shape index (κ3) is 4.82. The van der Waals surface area contributed by atoms with Crippen molar-refractivity contribution in [2.24, 2.45) is 5.92 Å². The predicted octanol–water partition coefficient (Wildman–Crippen LogP) is 3.99. The van der Waals surface area contributed by atoms with Gasteiger partial charge in [-0.3, -0.25) is 4.79 Å². The maximum Gasteiger partial charge on any atom is 0.270 e. The van der Waals surface area contributed by atoms with Crippen LogP contribution in [0.1, 0.15) is 67.5 Å². The predicted molar refractivity (Wildman–Crippen MR) is 112 cm³/mol. The van der Waals surface area contributed by atoms with Crippen LogP contribution in [-0.2, 0) is 0 Å². The number of benzene rings is 1. The lowest BCUT2D eigenvalue weighted by Crippen LogP contribution is -2.35. The van der Waals surface area contributed by atoms with Crippen LogP contribution in [-0.4, -0.2) is 46.8 Å². The highest BCUT2D eigenvalue weighted by atomic mass is 16.2. The molecule has 28 heavy (non-hydrogen) atoms. The van der Waals surface area contributed by atoms with Crippen LogP contribution in [0.4, 0.5) is 0 Å². The molecule has 1 aromatic carbocycles. The number of aromatic nitrogens is 2. The fraction of sp³-hybridized carbons (Fsp3) is 0.565. The maximum absolute atomic E-state index is 12.8. The van der Waals surface area contributed by atoms with Crippen molar-refractivity contribution in [1.29, 1.82) is 0 Å². The maximum atomic E-state index is 12.8. The van der Waals surface area contributed by atoms with Gasteiger partial charge in [-0.25, -0.2) is 4.68 Å². The number of amides is 1. The topological polar surface area (TPSA) is 50.2 Å². The summed E-state index contributed by atoms with van der Waals surface area (Å²) in [5.41, 5.74) is 2.64. The van der Waals surface area contributed by atoms with Gasteiger partial charge in [0.25, 0.3) is 5.91 Å². The van der Waals surface area contributed by atoms with Crippen LogP contribution in [0.5, 0.6) is 0 Å². The molecule has 1 aliphatic heterocycles. The number of carbonyl (C=O) groups is 1. The molecule has 5 nitrogen and oxygen atoms in total. The number of piperidine rings is 1. The van der Waals surface area contributed by atoms with E-state index >= 15 is 0 Å². The molecule has 1 aliphatic carbocycles. The number of nitrogens with one attached hydrogen (secondary N) is 1. The minimum Gasteiger partial charge on any atom is -0.351 e. The van der Waals surface area contributed by atoms with Gasteiger partial charge >= 0.3 is 0 Å². The first-order valence-corrected chi connectivity index (χ1v) is 10.9. The van der Waals surface area contributed by atoms with Crippen LogP contribution >= 0.6 is 0 Å². The van der Waals surface area contributed by atoms with Crippen LogP contribution in [0.15, 0.2) is 36.4 Å². The normalized spacial score (nSPS) is 20.2. The molecule has 0 bridgehead atoms. The molecule has 2 heterocycles. The van der Waals surface area contributed by atoms with E-state index in [1.165, 1.54) is 38.8 Å². The summed E-state index contributed by atoms with van der Waals surface area (Å²) in [6.07, 6.45) is 7.21. The molecule has 4 rings (SSSR count). The Balaban J connectivity index is 1.30. The van der Waals surface area contributed by atoms with Gasteiger partial charge in [-0.05, 0) is 75.7 Å². The molecule has 1 aromatic heterocycles. The summed E-state index contributed by atoms with van der Waals surface area (Å²) in [5.74, 6) is 1.34. The smallest absolute Gasteiger partial charge is 0.270 e. The van der Waals surface area contributed by atoms with E-state index in [0.717, 1.165) is 43.2 Å². The molecular weight excluding hydrogens is 348 g/mol. The average Bonchev–Trinajstić information content (AvgIpc) is 3.46. The van der Waals surface area contributed by atoms with E-state index in [9.17, 15) is 4.79 Å². The zero-order valence-corrected chi connectivity index (χ0v) is 16.9. The van der Waals surface area contributed by atoms with Gasteiger partial charge in [0, 0.05) is 19.0 Å². The quantitative estimate of drug-likeness (QED) is 0.705. The first-order valence-electron chi connectivity index (χ1n) is 10.9. The Hall–Kier alpha value is -2.14. The Morgan fingerprint density at radius 2 is 2.00 bits per heavy atom. The minimum absolute atomic E-state index is 0.0187. The third-order valence-corrected chi connectivity index (χ3v) is 5.89. The second-order valence-corrected chi connectivity index (χ2v) is 8.49. The van der Waals surface area contributed by atoms with Crippen LogP contribution < -0.4 is 5.32 Å². The lowest BCUT2D eigenvalue weighted by atomic mass is 10.0. The van der Waals surface area contributed by atoms with Gasteiger partial charge in [0.05, 0.1) is 11.4 Å². The van der Waals surface area contributed by atoms with Gasteiger partial charge in [-0.1, -0.05) is 25.1 Å². The van der Waals surface area contributed by atoms with Crippen LogP contribution in [0.2, 0.25) is 0 Å². The summed E-state index contributed by atoms with van der Waals surface area (Å²) in [5, 5.41) is 7.84. The standard InChI is InChI=1S/C23H32N4O/c1-18-8-7-15-26(17-18)14-6-5-13-24-23(28)22-16-21(19-11-12-19)25-27(22)20-9-3-2-4-10-20/h2-4,9-10,16,18-19H,5-8,11-15,17H2,1H3,(H,24,28). The van der Waals surface area contributed by atoms with Crippen LogP contribution in [0.3, 0.4) is 0 Å². The van der Waals surface area contributed by atoms with E-state index in [2.05, 4.69) is 17.1 Å². The number of likely N-dealkylation sites (tertiary alicyclic amines) is 1. The molecular formula is C23H32N4O. The van der Waals surface area contributed by atoms with Gasteiger partial charge in [0.1, 0.15) is 5.69 Å². The molecule has 1 saturated carbocycles. The van der Waals surface area contributed by atoms with Crippen molar-refractivity contribution in [3.05, 3.63) is 47.8 Å². The average molecular weight is 381 g/mol. The molecule has 150 valence electrons. The Morgan fingerprint density at radius 1 is 1.18 bits per heavy atom. The summed E-state index contributed by atoms with van der Waals surface area (Å²) < 4.78 is 1.80. The van der Waals surface area contributed by atoms with Crippen molar-refractivity contribution < 1.29 is 4.79 Å². The molecule has 1 amide bonds. The number of hydrogen-bond donors (Lipinski definition) is 1. The van der Waals surface area contributed by atoms with Gasteiger partial charge < -0.3 is 10.2 Å². The van der Waals surface area contributed by atoms with E-state index in [1.54, 1.807) is 4.68 Å². The molecule has 1 atom stereocenters. The SMILES string of the molecule is CC1CCCN(CCCCNC(=O)c2cc(C3CC3)nn2-c2ccccc2)C1. The highest BCUT2D eigenvalue weighted by Crippen LogP contribution is 2.39. The molecule has 1 N–H and O–H groups in total. The summed E-state index contributed by atoms with van der Waals surface area (Å²) >= 11 is 0. The number of unbranched alkanes of at least 4 members (excludes halogenated alkanes) is 1. The van der Waals surface area contributed by atoms with E-state index < -0.39 is 0 Å². The van der Waals surface area contributed by atoms with Crippen molar-refractivity contribution in [3.8, 4) is 5.69 Å². The van der Waals surface area contributed by atoms with Crippen molar-refractivity contribution in [1.82, 2.24) is 20.0 Å². The number of para-hydroxylation sites is 1. The second-order valence-electron chi connectivity index (χ2n) is 8.49. The van der Waals surface area contributed by atoms with Gasteiger partial charge in [-0.2, -0.15) is 5.10 Å². The van der Waals surface area contributed by atoms with Crippen molar-refractivity contribution >= 4 is 5.91 Å². The second kappa shape index (κ2) is 8.91. The first kappa shape index (κ1) is 19.2. The van der Waals surface area contributed by atoms with Crippen molar-refractivity contribution in [3.63, 3.8) is 0 Å². The third-order valence-electron chi connectivity index (χ3n) is 5.89. The molecule has 2 aliphatic rings. The van der Waals surface area contributed by atoms with Crippen molar-refractivity contribution in [2.75, 3.05) is 26.2 Å². The Kier molecular flexibility index (Phi) is 6.10. The molecule has 2 fully saturated rings. The summed E-state index contributed by atoms with van der Waals surface area (Å²) in [6, 6.07) is 11.9. The molecule has 1 saturated heterocycles. The fourth-order valence-corrected chi connectivity index (χ4v) is 4.15. The van der Waals surface area contributed by atoms with E-state index in [0.29, 0.717) is 11.6 Å². The Labute approximate surface area is 168 Å². The lowest BCUT2D eigenvalue weighted by Gasteiger charge is -2.30. The molecule has 2 aromatic rings. The van der Waals surface area contributed by atoms with Gasteiger partial charge in [0.15, 0.2) is 0 Å². The monoisotopic (exact) mass is 380 g/mol. The zero-order chi connectivity index (χ0) is 19.3. The minimum atomic E-state index is -0.0187. The van der Waals surface area contributed by atoms with Crippen LogP contribution in [0, 0.1) is 5.92 Å². The highest BCUT2D eigenvalue weighted by molar-refractivity contribution is 5.93. The summed E-state index contributed by atoms with van der Waals surface area (Å²) in [6.45, 7) is 6.68.